The second-order valence-electron chi connectivity index (χ2n) is 7.19. The molecular formula is C22H32N4O2S. The van der Waals surface area contributed by atoms with Crippen molar-refractivity contribution in [2.45, 2.75) is 26.2 Å². The molecule has 1 aliphatic rings. The highest BCUT2D eigenvalue weighted by Crippen LogP contribution is 2.13. The van der Waals surface area contributed by atoms with E-state index in [1.165, 1.54) is 4.88 Å². The molecule has 2 aromatic rings. The summed E-state index contributed by atoms with van der Waals surface area (Å²) in [4.78, 5) is 10.8. The Bertz CT molecular complexity index is 716. The van der Waals surface area contributed by atoms with E-state index in [1.54, 1.807) is 0 Å². The maximum absolute atomic E-state index is 10.2. The van der Waals surface area contributed by atoms with Gasteiger partial charge in [-0.2, -0.15) is 0 Å². The Balaban J connectivity index is 1.41. The summed E-state index contributed by atoms with van der Waals surface area (Å²) in [5.74, 6) is 0.880. The Morgan fingerprint density at radius 1 is 1.17 bits per heavy atom. The lowest BCUT2D eigenvalue weighted by Gasteiger charge is -2.36. The second-order valence-corrected chi connectivity index (χ2v) is 8.22. The van der Waals surface area contributed by atoms with Crippen LogP contribution in [-0.4, -0.2) is 72.8 Å². The highest BCUT2D eigenvalue weighted by molar-refractivity contribution is 7.09. The van der Waals surface area contributed by atoms with Crippen LogP contribution in [0.2, 0.25) is 0 Å². The number of piperazine rings is 1. The molecule has 1 unspecified atom stereocenters. The van der Waals surface area contributed by atoms with Crippen LogP contribution in [0.25, 0.3) is 0 Å². The van der Waals surface area contributed by atoms with Gasteiger partial charge in [-0.15, -0.1) is 11.3 Å². The molecule has 1 saturated heterocycles. The lowest BCUT2D eigenvalue weighted by molar-refractivity contribution is 0.0329. The third-order valence-electron chi connectivity index (χ3n) is 4.84. The zero-order valence-corrected chi connectivity index (χ0v) is 18.0. The number of nitrogens with one attached hydrogen (secondary N) is 1. The van der Waals surface area contributed by atoms with Crippen LogP contribution in [0, 0.1) is 0 Å². The Labute approximate surface area is 177 Å². The van der Waals surface area contributed by atoms with Crippen molar-refractivity contribution in [2.24, 2.45) is 4.99 Å². The van der Waals surface area contributed by atoms with Gasteiger partial charge in [0.25, 0.3) is 0 Å². The number of benzene rings is 1. The van der Waals surface area contributed by atoms with E-state index >= 15 is 0 Å². The summed E-state index contributed by atoms with van der Waals surface area (Å²) in [6, 6.07) is 14.3. The molecule has 1 aromatic heterocycles. The molecule has 0 radical (unpaired) electrons. The van der Waals surface area contributed by atoms with Gasteiger partial charge < -0.3 is 20.1 Å². The number of rotatable bonds is 9. The standard InChI is InChI=1S/C22H32N4O2S/c1-2-23-22(24-15-20(27)18-28-17-19-7-4-3-5-8-19)26-12-10-25(11-13-26)16-21-9-6-14-29-21/h3-9,14,20,27H,2,10-13,15-18H2,1H3,(H,23,24). The molecular weight excluding hydrogens is 384 g/mol. The minimum atomic E-state index is -0.604. The van der Waals surface area contributed by atoms with E-state index in [9.17, 15) is 5.11 Å². The summed E-state index contributed by atoms with van der Waals surface area (Å²) >= 11 is 1.82. The van der Waals surface area contributed by atoms with E-state index in [0.29, 0.717) is 13.2 Å². The number of ether oxygens (including phenoxy) is 1. The Morgan fingerprint density at radius 2 is 1.97 bits per heavy atom. The van der Waals surface area contributed by atoms with Gasteiger partial charge >= 0.3 is 0 Å². The Kier molecular flexibility index (Phi) is 8.95. The quantitative estimate of drug-likeness (QED) is 0.486. The monoisotopic (exact) mass is 416 g/mol. The average molecular weight is 417 g/mol. The van der Waals surface area contributed by atoms with Crippen LogP contribution in [0.4, 0.5) is 0 Å². The molecule has 3 rings (SSSR count). The van der Waals surface area contributed by atoms with E-state index in [4.69, 9.17) is 4.74 Å². The molecule has 29 heavy (non-hydrogen) atoms. The van der Waals surface area contributed by atoms with Gasteiger partial charge in [-0.1, -0.05) is 36.4 Å². The first-order chi connectivity index (χ1) is 14.2. The van der Waals surface area contributed by atoms with E-state index in [0.717, 1.165) is 50.8 Å². The molecule has 2 heterocycles. The number of aliphatic hydroxyl groups is 1. The Hall–Kier alpha value is -1.93. The summed E-state index contributed by atoms with van der Waals surface area (Å²) in [7, 11) is 0. The summed E-state index contributed by atoms with van der Waals surface area (Å²) in [6.07, 6.45) is -0.604. The molecule has 158 valence electrons. The van der Waals surface area contributed by atoms with Gasteiger partial charge in [0.05, 0.1) is 25.9 Å². The molecule has 0 spiro atoms. The third-order valence-corrected chi connectivity index (χ3v) is 5.70. The lowest BCUT2D eigenvalue weighted by Crippen LogP contribution is -2.52. The molecule has 7 heteroatoms. The highest BCUT2D eigenvalue weighted by atomic mass is 32.1. The van der Waals surface area contributed by atoms with Crippen LogP contribution < -0.4 is 5.32 Å². The number of aliphatic hydroxyl groups excluding tert-OH is 1. The minimum absolute atomic E-state index is 0.284. The van der Waals surface area contributed by atoms with Crippen LogP contribution in [0.5, 0.6) is 0 Å². The predicted molar refractivity (Wildman–Crippen MR) is 119 cm³/mol. The topological polar surface area (TPSA) is 60.3 Å². The van der Waals surface area contributed by atoms with Gasteiger partial charge in [-0.05, 0) is 23.9 Å². The van der Waals surface area contributed by atoms with Gasteiger partial charge in [0, 0.05) is 44.1 Å². The van der Waals surface area contributed by atoms with Crippen LogP contribution in [0.1, 0.15) is 17.4 Å². The molecule has 1 aliphatic heterocycles. The van der Waals surface area contributed by atoms with Crippen molar-refractivity contribution in [2.75, 3.05) is 45.9 Å². The van der Waals surface area contributed by atoms with Crippen molar-refractivity contribution in [3.63, 3.8) is 0 Å². The van der Waals surface area contributed by atoms with Gasteiger partial charge in [-0.3, -0.25) is 9.89 Å². The molecule has 0 saturated carbocycles. The molecule has 6 nitrogen and oxygen atoms in total. The lowest BCUT2D eigenvalue weighted by atomic mass is 10.2. The molecule has 0 amide bonds. The fourth-order valence-electron chi connectivity index (χ4n) is 3.30. The first-order valence-electron chi connectivity index (χ1n) is 10.3. The molecule has 1 atom stereocenters. The fourth-order valence-corrected chi connectivity index (χ4v) is 4.04. The van der Waals surface area contributed by atoms with E-state index in [1.807, 2.05) is 41.7 Å². The normalized spacial score (nSPS) is 16.8. The first-order valence-corrected chi connectivity index (χ1v) is 11.2. The molecule has 0 bridgehead atoms. The molecule has 1 aromatic carbocycles. The van der Waals surface area contributed by atoms with Crippen LogP contribution in [0.3, 0.4) is 0 Å². The van der Waals surface area contributed by atoms with Gasteiger partial charge in [0.15, 0.2) is 5.96 Å². The van der Waals surface area contributed by atoms with Crippen molar-refractivity contribution in [1.29, 1.82) is 0 Å². The first kappa shape index (κ1) is 21.8. The summed E-state index contributed by atoms with van der Waals surface area (Å²) in [5.41, 5.74) is 1.11. The predicted octanol–water partition coefficient (Wildman–Crippen LogP) is 2.41. The summed E-state index contributed by atoms with van der Waals surface area (Å²) < 4.78 is 5.62. The maximum Gasteiger partial charge on any atom is 0.194 e. The van der Waals surface area contributed by atoms with Crippen LogP contribution >= 0.6 is 11.3 Å². The average Bonchev–Trinajstić information content (AvgIpc) is 3.26. The third kappa shape index (κ3) is 7.44. The minimum Gasteiger partial charge on any atom is -0.389 e. The number of guanidine groups is 1. The smallest absolute Gasteiger partial charge is 0.194 e. The van der Waals surface area contributed by atoms with Crippen molar-refractivity contribution in [3.05, 3.63) is 58.3 Å². The SMILES string of the molecule is CCNC(=NCC(O)COCc1ccccc1)N1CCN(Cc2cccs2)CC1. The van der Waals surface area contributed by atoms with Crippen molar-refractivity contribution in [3.8, 4) is 0 Å². The van der Waals surface area contributed by atoms with E-state index < -0.39 is 6.10 Å². The summed E-state index contributed by atoms with van der Waals surface area (Å²) in [5, 5.41) is 15.7. The number of aliphatic imine (C=N–C) groups is 1. The van der Waals surface area contributed by atoms with E-state index in [2.05, 4.69) is 44.5 Å². The zero-order chi connectivity index (χ0) is 20.3. The van der Waals surface area contributed by atoms with Crippen LogP contribution in [-0.2, 0) is 17.9 Å². The second kappa shape index (κ2) is 11.9. The van der Waals surface area contributed by atoms with Crippen molar-refractivity contribution in [1.82, 2.24) is 15.1 Å². The van der Waals surface area contributed by atoms with Crippen LogP contribution in [0.15, 0.2) is 52.8 Å². The van der Waals surface area contributed by atoms with Gasteiger partial charge in [-0.25, -0.2) is 0 Å². The zero-order valence-electron chi connectivity index (χ0n) is 17.2. The maximum atomic E-state index is 10.2. The Morgan fingerprint density at radius 3 is 2.66 bits per heavy atom. The van der Waals surface area contributed by atoms with Crippen molar-refractivity contribution < 1.29 is 9.84 Å². The number of hydrogen-bond acceptors (Lipinski definition) is 5. The van der Waals surface area contributed by atoms with Crippen molar-refractivity contribution >= 4 is 17.3 Å². The highest BCUT2D eigenvalue weighted by Gasteiger charge is 2.20. The molecule has 1 fully saturated rings. The molecule has 0 aliphatic carbocycles. The molecule has 2 N–H and O–H groups in total. The van der Waals surface area contributed by atoms with Gasteiger partial charge in [0.2, 0.25) is 0 Å². The fraction of sp³-hybridized carbons (Fsp3) is 0.500. The number of thiophene rings is 1. The van der Waals surface area contributed by atoms with Gasteiger partial charge in [0.1, 0.15) is 0 Å². The summed E-state index contributed by atoms with van der Waals surface area (Å²) in [6.45, 7) is 8.96. The number of hydrogen-bond donors (Lipinski definition) is 2. The van der Waals surface area contributed by atoms with E-state index in [-0.39, 0.29) is 6.61 Å². The largest absolute Gasteiger partial charge is 0.389 e. The number of nitrogens with zero attached hydrogens (tertiary/aromatic N) is 3.